The Balaban J connectivity index is 2.04. The van der Waals surface area contributed by atoms with E-state index in [0.29, 0.717) is 18.3 Å². The van der Waals surface area contributed by atoms with Crippen molar-refractivity contribution in [2.45, 2.75) is 32.7 Å². The number of amides is 1. The molecule has 104 valence electrons. The highest BCUT2D eigenvalue weighted by Gasteiger charge is 2.29. The van der Waals surface area contributed by atoms with E-state index in [1.54, 1.807) is 12.3 Å². The summed E-state index contributed by atoms with van der Waals surface area (Å²) in [6.45, 7) is 7.04. The molecule has 2 rings (SSSR count). The van der Waals surface area contributed by atoms with Crippen molar-refractivity contribution >= 4 is 17.4 Å². The highest BCUT2D eigenvalue weighted by atomic mass is 16.2. The maximum absolute atomic E-state index is 12.3. The number of rotatable bonds is 4. The normalized spacial score (nSPS) is 20.1. The monoisotopic (exact) mass is 262 g/mol. The molecule has 0 saturated carbocycles. The van der Waals surface area contributed by atoms with Gasteiger partial charge in [0.25, 0.3) is 0 Å². The first-order chi connectivity index (χ1) is 9.15. The Hall–Kier alpha value is -1.62. The van der Waals surface area contributed by atoms with Gasteiger partial charge in [0.2, 0.25) is 5.91 Å². The number of carbonyl (C=O) groups excluding carboxylic acids is 1. The first-order valence-electron chi connectivity index (χ1n) is 6.91. The molecule has 0 aromatic carbocycles. The minimum atomic E-state index is 0.176. The predicted octanol–water partition coefficient (Wildman–Crippen LogP) is 1.50. The highest BCUT2D eigenvalue weighted by Crippen LogP contribution is 2.23. The first-order valence-corrected chi connectivity index (χ1v) is 6.91. The van der Waals surface area contributed by atoms with E-state index in [-0.39, 0.29) is 5.91 Å². The lowest BCUT2D eigenvalue weighted by atomic mass is 10.0. The lowest BCUT2D eigenvalue weighted by Gasteiger charge is -2.37. The number of anilines is 2. The van der Waals surface area contributed by atoms with Crippen LogP contribution in [0.5, 0.6) is 0 Å². The summed E-state index contributed by atoms with van der Waals surface area (Å²) in [5, 5.41) is 0. The Labute approximate surface area is 114 Å². The third-order valence-corrected chi connectivity index (χ3v) is 3.81. The molecule has 0 spiro atoms. The summed E-state index contributed by atoms with van der Waals surface area (Å²) in [7, 11) is 0. The van der Waals surface area contributed by atoms with E-state index in [1.807, 2.05) is 11.0 Å². The number of aromatic nitrogens is 1. The average Bonchev–Trinajstić information content (AvgIpc) is 2.42. The minimum Gasteiger partial charge on any atom is -0.384 e. The standard InChI is InChI=1S/C14H22N4O/c1-3-17(4-2)11-7-8-18(14(19)9-11)12-5-6-13(15)16-10-12/h5-6,10-11H,3-4,7-9H2,1-2H3,(H2,15,16). The fourth-order valence-electron chi connectivity index (χ4n) is 2.70. The van der Waals surface area contributed by atoms with E-state index in [2.05, 4.69) is 23.7 Å². The summed E-state index contributed by atoms with van der Waals surface area (Å²) >= 11 is 0. The molecular weight excluding hydrogens is 240 g/mol. The third kappa shape index (κ3) is 3.04. The molecular formula is C14H22N4O. The first kappa shape index (κ1) is 13.8. The molecule has 19 heavy (non-hydrogen) atoms. The van der Waals surface area contributed by atoms with E-state index in [0.717, 1.165) is 31.7 Å². The van der Waals surface area contributed by atoms with Crippen molar-refractivity contribution in [3.8, 4) is 0 Å². The second-order valence-corrected chi connectivity index (χ2v) is 4.85. The Kier molecular flexibility index (Phi) is 4.37. The van der Waals surface area contributed by atoms with Crippen LogP contribution in [0.25, 0.3) is 0 Å². The Morgan fingerprint density at radius 3 is 2.68 bits per heavy atom. The van der Waals surface area contributed by atoms with Crippen LogP contribution in [-0.4, -0.2) is 41.5 Å². The second-order valence-electron chi connectivity index (χ2n) is 4.85. The molecule has 0 aliphatic carbocycles. The largest absolute Gasteiger partial charge is 0.384 e. The van der Waals surface area contributed by atoms with Crippen LogP contribution < -0.4 is 10.6 Å². The van der Waals surface area contributed by atoms with Crippen molar-refractivity contribution in [3.05, 3.63) is 18.3 Å². The van der Waals surface area contributed by atoms with Crippen LogP contribution >= 0.6 is 0 Å². The van der Waals surface area contributed by atoms with Gasteiger partial charge < -0.3 is 15.5 Å². The van der Waals surface area contributed by atoms with Crippen molar-refractivity contribution in [1.29, 1.82) is 0 Å². The van der Waals surface area contributed by atoms with Gasteiger partial charge in [0.15, 0.2) is 0 Å². The lowest BCUT2D eigenvalue weighted by Crippen LogP contribution is -2.47. The SMILES string of the molecule is CCN(CC)C1CCN(c2ccc(N)nc2)C(=O)C1. The van der Waals surface area contributed by atoms with Gasteiger partial charge in [0, 0.05) is 19.0 Å². The number of nitrogens with zero attached hydrogens (tertiary/aromatic N) is 3. The van der Waals surface area contributed by atoms with E-state index in [4.69, 9.17) is 5.73 Å². The Morgan fingerprint density at radius 1 is 1.42 bits per heavy atom. The number of nitrogen functional groups attached to an aromatic ring is 1. The number of pyridine rings is 1. The van der Waals surface area contributed by atoms with E-state index in [1.165, 1.54) is 0 Å². The van der Waals surface area contributed by atoms with Crippen molar-refractivity contribution in [3.63, 3.8) is 0 Å². The number of carbonyl (C=O) groups is 1. The van der Waals surface area contributed by atoms with E-state index < -0.39 is 0 Å². The van der Waals surface area contributed by atoms with E-state index in [9.17, 15) is 4.79 Å². The van der Waals surface area contributed by atoms with Gasteiger partial charge in [-0.15, -0.1) is 0 Å². The summed E-state index contributed by atoms with van der Waals surface area (Å²) in [4.78, 5) is 20.5. The van der Waals surface area contributed by atoms with Crippen molar-refractivity contribution in [2.24, 2.45) is 0 Å². The molecule has 1 aliphatic heterocycles. The second kappa shape index (κ2) is 6.02. The maximum Gasteiger partial charge on any atom is 0.228 e. The third-order valence-electron chi connectivity index (χ3n) is 3.81. The van der Waals surface area contributed by atoms with Crippen molar-refractivity contribution in [2.75, 3.05) is 30.3 Å². The summed E-state index contributed by atoms with van der Waals surface area (Å²) in [6.07, 6.45) is 3.27. The lowest BCUT2D eigenvalue weighted by molar-refractivity contribution is -0.121. The van der Waals surface area contributed by atoms with Gasteiger partial charge in [0.1, 0.15) is 5.82 Å². The minimum absolute atomic E-state index is 0.176. The number of nitrogens with two attached hydrogens (primary N) is 1. The fraction of sp³-hybridized carbons (Fsp3) is 0.571. The van der Waals surface area contributed by atoms with Crippen LogP contribution in [0, 0.1) is 0 Å². The molecule has 1 aromatic rings. The van der Waals surface area contributed by atoms with Crippen LogP contribution in [0.2, 0.25) is 0 Å². The number of hydrogen-bond donors (Lipinski definition) is 1. The molecule has 5 heteroatoms. The zero-order valence-electron chi connectivity index (χ0n) is 11.7. The molecule has 0 bridgehead atoms. The summed E-state index contributed by atoms with van der Waals surface area (Å²) in [6, 6.07) is 3.97. The zero-order valence-corrected chi connectivity index (χ0v) is 11.7. The van der Waals surface area contributed by atoms with Gasteiger partial charge in [-0.05, 0) is 31.6 Å². The molecule has 5 nitrogen and oxygen atoms in total. The zero-order chi connectivity index (χ0) is 13.8. The van der Waals surface area contributed by atoms with E-state index >= 15 is 0 Å². The van der Waals surface area contributed by atoms with Gasteiger partial charge >= 0.3 is 0 Å². The average molecular weight is 262 g/mol. The Morgan fingerprint density at radius 2 is 2.16 bits per heavy atom. The molecule has 1 atom stereocenters. The number of piperidine rings is 1. The van der Waals surface area contributed by atoms with Crippen molar-refractivity contribution in [1.82, 2.24) is 9.88 Å². The van der Waals surface area contributed by atoms with Gasteiger partial charge in [-0.2, -0.15) is 0 Å². The van der Waals surface area contributed by atoms with Crippen LogP contribution in [0.3, 0.4) is 0 Å². The van der Waals surface area contributed by atoms with Crippen LogP contribution in [0.1, 0.15) is 26.7 Å². The highest BCUT2D eigenvalue weighted by molar-refractivity contribution is 5.94. The summed E-state index contributed by atoms with van der Waals surface area (Å²) in [5.74, 6) is 0.656. The van der Waals surface area contributed by atoms with Crippen molar-refractivity contribution < 1.29 is 4.79 Å². The van der Waals surface area contributed by atoms with Gasteiger partial charge in [-0.1, -0.05) is 13.8 Å². The molecule has 0 radical (unpaired) electrons. The quantitative estimate of drug-likeness (QED) is 0.893. The molecule has 2 N–H and O–H groups in total. The van der Waals surface area contributed by atoms with Crippen LogP contribution in [0.15, 0.2) is 18.3 Å². The molecule has 1 amide bonds. The number of hydrogen-bond acceptors (Lipinski definition) is 4. The topological polar surface area (TPSA) is 62.5 Å². The molecule has 1 saturated heterocycles. The predicted molar refractivity (Wildman–Crippen MR) is 76.9 cm³/mol. The molecule has 1 fully saturated rings. The van der Waals surface area contributed by atoms with Gasteiger partial charge in [-0.25, -0.2) is 4.98 Å². The molecule has 1 aromatic heterocycles. The van der Waals surface area contributed by atoms with Crippen LogP contribution in [-0.2, 0) is 4.79 Å². The van der Waals surface area contributed by atoms with Crippen LogP contribution in [0.4, 0.5) is 11.5 Å². The smallest absolute Gasteiger partial charge is 0.228 e. The maximum atomic E-state index is 12.3. The molecule has 1 aliphatic rings. The van der Waals surface area contributed by atoms with Gasteiger partial charge in [0.05, 0.1) is 11.9 Å². The van der Waals surface area contributed by atoms with Gasteiger partial charge in [-0.3, -0.25) is 4.79 Å². The molecule has 2 heterocycles. The fourth-order valence-corrected chi connectivity index (χ4v) is 2.70. The Bertz CT molecular complexity index is 428. The summed E-state index contributed by atoms with van der Waals surface area (Å²) < 4.78 is 0. The molecule has 1 unspecified atom stereocenters. The summed E-state index contributed by atoms with van der Waals surface area (Å²) in [5.41, 5.74) is 6.41.